The molecule has 3 heterocycles. The molecule has 7 nitrogen and oxygen atoms in total. The molecule has 1 aromatic heterocycles. The van der Waals surface area contributed by atoms with Crippen molar-refractivity contribution in [2.45, 2.75) is 25.0 Å². The van der Waals surface area contributed by atoms with Gasteiger partial charge in [-0.2, -0.15) is 0 Å². The Morgan fingerprint density at radius 1 is 0.917 bits per heavy atom. The zero-order valence-electron chi connectivity index (χ0n) is 20.2. The number of fused-ring (bicyclic) bond motifs is 4. The Morgan fingerprint density at radius 2 is 1.69 bits per heavy atom. The van der Waals surface area contributed by atoms with Gasteiger partial charge in [-0.15, -0.1) is 0 Å². The molecule has 2 atom stereocenters. The molecule has 7 heteroatoms. The lowest BCUT2D eigenvalue weighted by Crippen LogP contribution is -2.62. The first-order valence-electron chi connectivity index (χ1n) is 12.0. The second-order valence-electron chi connectivity index (χ2n) is 9.31. The van der Waals surface area contributed by atoms with E-state index in [-0.39, 0.29) is 18.4 Å². The molecule has 0 radical (unpaired) electrons. The third-order valence-electron chi connectivity index (χ3n) is 7.28. The number of methoxy groups -OCH3 is 2. The molecule has 1 N–H and O–H groups in total. The minimum Gasteiger partial charge on any atom is -0.497 e. The minimum atomic E-state index is -0.576. The molecule has 0 bridgehead atoms. The summed E-state index contributed by atoms with van der Waals surface area (Å²) in [6.07, 6.45) is 0.476. The molecule has 4 aromatic rings. The van der Waals surface area contributed by atoms with Crippen molar-refractivity contribution in [3.63, 3.8) is 0 Å². The quantitative estimate of drug-likeness (QED) is 0.466. The lowest BCUT2D eigenvalue weighted by atomic mass is 9.86. The van der Waals surface area contributed by atoms with E-state index in [0.717, 1.165) is 39.0 Å². The minimum absolute atomic E-state index is 0.0331. The molecule has 3 aromatic carbocycles. The largest absolute Gasteiger partial charge is 0.497 e. The maximum Gasteiger partial charge on any atom is 0.246 e. The van der Waals surface area contributed by atoms with Gasteiger partial charge in [0.2, 0.25) is 11.8 Å². The number of rotatable bonds is 5. The van der Waals surface area contributed by atoms with E-state index < -0.39 is 12.1 Å². The molecule has 1 fully saturated rings. The maximum atomic E-state index is 13.9. The zero-order valence-corrected chi connectivity index (χ0v) is 20.2. The molecular weight excluding hydrogens is 454 g/mol. The van der Waals surface area contributed by atoms with Crippen LogP contribution in [0, 0.1) is 0 Å². The van der Waals surface area contributed by atoms with E-state index in [9.17, 15) is 9.59 Å². The van der Waals surface area contributed by atoms with Crippen molar-refractivity contribution in [1.82, 2.24) is 14.8 Å². The number of aromatic nitrogens is 1. The summed E-state index contributed by atoms with van der Waals surface area (Å²) < 4.78 is 10.7. The topological polar surface area (TPSA) is 74.9 Å². The van der Waals surface area contributed by atoms with Gasteiger partial charge in [-0.05, 0) is 47.0 Å². The van der Waals surface area contributed by atoms with E-state index in [4.69, 9.17) is 9.47 Å². The van der Waals surface area contributed by atoms with Gasteiger partial charge in [-0.25, -0.2) is 0 Å². The number of benzene rings is 3. The summed E-state index contributed by atoms with van der Waals surface area (Å²) in [7, 11) is 3.25. The third kappa shape index (κ3) is 3.59. The van der Waals surface area contributed by atoms with E-state index in [2.05, 4.69) is 11.1 Å². The van der Waals surface area contributed by atoms with Gasteiger partial charge < -0.3 is 24.3 Å². The number of piperazine rings is 1. The summed E-state index contributed by atoms with van der Waals surface area (Å²) in [6, 6.07) is 22.5. The molecule has 1 saturated heterocycles. The number of H-pyrrole nitrogens is 1. The predicted molar refractivity (Wildman–Crippen MR) is 136 cm³/mol. The van der Waals surface area contributed by atoms with Crippen LogP contribution in [0.25, 0.3) is 10.9 Å². The number of nitrogens with one attached hydrogen (secondary N) is 1. The van der Waals surface area contributed by atoms with Gasteiger partial charge in [0.1, 0.15) is 24.1 Å². The zero-order chi connectivity index (χ0) is 24.8. The Hall–Kier alpha value is -4.26. The molecule has 182 valence electrons. The Balaban J connectivity index is 1.42. The summed E-state index contributed by atoms with van der Waals surface area (Å²) in [5, 5.41) is 1.09. The van der Waals surface area contributed by atoms with E-state index in [1.807, 2.05) is 66.7 Å². The van der Waals surface area contributed by atoms with Crippen LogP contribution in [-0.4, -0.2) is 53.4 Å². The number of hydrogen-bond donors (Lipinski definition) is 1. The number of hydrogen-bond acceptors (Lipinski definition) is 4. The molecule has 6 rings (SSSR count). The average Bonchev–Trinajstić information content (AvgIpc) is 3.29. The molecule has 0 saturated carbocycles. The van der Waals surface area contributed by atoms with E-state index in [0.29, 0.717) is 18.7 Å². The van der Waals surface area contributed by atoms with Crippen molar-refractivity contribution >= 4 is 22.7 Å². The van der Waals surface area contributed by atoms with Gasteiger partial charge >= 0.3 is 0 Å². The first kappa shape index (κ1) is 22.2. The van der Waals surface area contributed by atoms with Crippen molar-refractivity contribution in [3.05, 3.63) is 95.2 Å². The fraction of sp³-hybridized carbons (Fsp3) is 0.241. The highest BCUT2D eigenvalue weighted by atomic mass is 16.5. The maximum absolute atomic E-state index is 13.9. The van der Waals surface area contributed by atoms with Gasteiger partial charge in [0.15, 0.2) is 0 Å². The van der Waals surface area contributed by atoms with Gasteiger partial charge in [-0.1, -0.05) is 42.5 Å². The van der Waals surface area contributed by atoms with Crippen LogP contribution in [0.5, 0.6) is 11.5 Å². The summed E-state index contributed by atoms with van der Waals surface area (Å²) in [6.45, 7) is 0.418. The number of carbonyl (C=O) groups excluding carboxylic acids is 2. The number of ether oxygens (including phenoxy) is 2. The molecule has 2 amide bonds. The van der Waals surface area contributed by atoms with Crippen LogP contribution < -0.4 is 9.47 Å². The highest BCUT2D eigenvalue weighted by Gasteiger charge is 2.48. The lowest BCUT2D eigenvalue weighted by Gasteiger charge is -2.47. The SMILES string of the molecule is COc1ccc(CN2CC(=O)N3C(Cc4c([nH]c5ccccc45)C3c3cccc(OC)c3)C2=O)cc1. The molecule has 2 unspecified atom stereocenters. The number of nitrogens with zero attached hydrogens (tertiary/aromatic N) is 2. The average molecular weight is 482 g/mol. The number of para-hydroxylation sites is 1. The molecule has 2 aliphatic rings. The second-order valence-corrected chi connectivity index (χ2v) is 9.31. The summed E-state index contributed by atoms with van der Waals surface area (Å²) in [5.41, 5.74) is 4.93. The molecule has 36 heavy (non-hydrogen) atoms. The molecular formula is C29H27N3O4. The van der Waals surface area contributed by atoms with Crippen molar-refractivity contribution < 1.29 is 19.1 Å². The van der Waals surface area contributed by atoms with Gasteiger partial charge in [0, 0.05) is 29.6 Å². The highest BCUT2D eigenvalue weighted by Crippen LogP contribution is 2.43. The summed E-state index contributed by atoms with van der Waals surface area (Å²) in [4.78, 5) is 34.6. The van der Waals surface area contributed by atoms with Crippen LogP contribution in [0.2, 0.25) is 0 Å². The van der Waals surface area contributed by atoms with Crippen LogP contribution in [0.1, 0.15) is 28.4 Å². The first-order valence-corrected chi connectivity index (χ1v) is 12.0. The Labute approximate surface area is 209 Å². The van der Waals surface area contributed by atoms with E-state index in [1.54, 1.807) is 24.0 Å². The van der Waals surface area contributed by atoms with Crippen LogP contribution in [0.3, 0.4) is 0 Å². The smallest absolute Gasteiger partial charge is 0.246 e. The summed E-state index contributed by atoms with van der Waals surface area (Å²) in [5.74, 6) is 1.37. The Bertz CT molecular complexity index is 1460. The monoisotopic (exact) mass is 481 g/mol. The fourth-order valence-corrected chi connectivity index (χ4v) is 5.57. The number of aromatic amines is 1. The number of amides is 2. The molecule has 0 aliphatic carbocycles. The van der Waals surface area contributed by atoms with E-state index >= 15 is 0 Å². The second kappa shape index (κ2) is 8.75. The molecule has 0 spiro atoms. The van der Waals surface area contributed by atoms with Crippen LogP contribution >= 0.6 is 0 Å². The number of carbonyl (C=O) groups is 2. The fourth-order valence-electron chi connectivity index (χ4n) is 5.57. The van der Waals surface area contributed by atoms with Crippen LogP contribution in [-0.2, 0) is 22.6 Å². The van der Waals surface area contributed by atoms with Crippen molar-refractivity contribution in [1.29, 1.82) is 0 Å². The highest BCUT2D eigenvalue weighted by molar-refractivity contribution is 5.97. The van der Waals surface area contributed by atoms with Gasteiger partial charge in [-0.3, -0.25) is 9.59 Å². The van der Waals surface area contributed by atoms with Crippen molar-refractivity contribution in [3.8, 4) is 11.5 Å². The van der Waals surface area contributed by atoms with Gasteiger partial charge in [0.05, 0.1) is 20.3 Å². The Morgan fingerprint density at radius 3 is 2.47 bits per heavy atom. The predicted octanol–water partition coefficient (Wildman–Crippen LogP) is 4.07. The van der Waals surface area contributed by atoms with E-state index in [1.165, 1.54) is 0 Å². The van der Waals surface area contributed by atoms with Crippen LogP contribution in [0.4, 0.5) is 0 Å². The van der Waals surface area contributed by atoms with Crippen LogP contribution in [0.15, 0.2) is 72.8 Å². The standard InChI is InChI=1S/C29H27N3O4/c1-35-20-12-10-18(11-13-20)16-31-17-26(33)32-25(29(31)34)15-23-22-8-3-4-9-24(22)30-27(23)28(32)19-6-5-7-21(14-19)36-2/h3-14,25,28,30H,15-17H2,1-2H3. The van der Waals surface area contributed by atoms with Gasteiger partial charge in [0.25, 0.3) is 0 Å². The van der Waals surface area contributed by atoms with Crippen molar-refractivity contribution in [2.24, 2.45) is 0 Å². The first-order chi connectivity index (χ1) is 17.6. The summed E-state index contributed by atoms with van der Waals surface area (Å²) >= 11 is 0. The lowest BCUT2D eigenvalue weighted by molar-refractivity contribution is -0.159. The van der Waals surface area contributed by atoms with Crippen molar-refractivity contribution in [2.75, 3.05) is 20.8 Å². The normalized spacial score (nSPS) is 19.3. The third-order valence-corrected chi connectivity index (χ3v) is 7.28. The Kier molecular flexibility index (Phi) is 5.40. The molecule has 2 aliphatic heterocycles.